The van der Waals surface area contributed by atoms with Crippen LogP contribution in [0.5, 0.6) is 11.5 Å². The number of rotatable bonds is 4. The molecule has 7 rings (SSSR count). The molecule has 0 saturated carbocycles. The Labute approximate surface area is 204 Å². The molecule has 2 fully saturated rings. The number of para-hydroxylation sites is 1. The van der Waals surface area contributed by atoms with Crippen molar-refractivity contribution in [1.82, 2.24) is 0 Å². The van der Waals surface area contributed by atoms with Crippen molar-refractivity contribution in [3.8, 4) is 11.5 Å². The average Bonchev–Trinajstić information content (AvgIpc) is 3.42. The summed E-state index contributed by atoms with van der Waals surface area (Å²) in [6.45, 7) is 5.28. The summed E-state index contributed by atoms with van der Waals surface area (Å²) in [7, 11) is 0. The number of nitrogens with zero attached hydrogens (tertiary/aromatic N) is 1. The number of fused-ring (bicyclic) bond motifs is 3. The van der Waals surface area contributed by atoms with Gasteiger partial charge in [0.1, 0.15) is 38.6 Å². The topological polar surface area (TPSA) is 64.6 Å². The Morgan fingerprint density at radius 1 is 1.17 bits per heavy atom. The van der Waals surface area contributed by atoms with Crippen molar-refractivity contribution in [3.63, 3.8) is 0 Å². The molecule has 2 saturated heterocycles. The third-order valence-corrected chi connectivity index (χ3v) is 9.18. The van der Waals surface area contributed by atoms with Crippen LogP contribution in [0.3, 0.4) is 0 Å². The van der Waals surface area contributed by atoms with Gasteiger partial charge >= 0.3 is 0 Å². The standard InChI is InChI=1S/C29H28N2O4/c1-2-18-15-31(16-24(33)19-7-8-25-26(13-19)35-12-11-34-25)10-9-29-22-5-3-4-6-23(22)30-28(29)21(17-32)20(18)14-27(29)31/h2-8,13,17,20,27H,9-12,14-16H2,1H3/p+1/b18-2-/t20-,27-,29+,31-/m0/s1. The zero-order valence-electron chi connectivity index (χ0n) is 19.9. The van der Waals surface area contributed by atoms with Gasteiger partial charge in [-0.15, -0.1) is 0 Å². The second kappa shape index (κ2) is 7.31. The van der Waals surface area contributed by atoms with Crippen LogP contribution >= 0.6 is 0 Å². The fraction of sp³-hybridized carbons (Fsp3) is 0.379. The summed E-state index contributed by atoms with van der Waals surface area (Å²) in [4.78, 5) is 26.2. The Balaban J connectivity index is 1.33. The van der Waals surface area contributed by atoms with Crippen molar-refractivity contribution >= 4 is 17.8 Å². The maximum absolute atomic E-state index is 13.8. The molecule has 6 nitrogen and oxygen atoms in total. The van der Waals surface area contributed by atoms with Gasteiger partial charge in [-0.25, -0.2) is 0 Å². The first-order valence-corrected chi connectivity index (χ1v) is 12.6. The Morgan fingerprint density at radius 2 is 2.00 bits per heavy atom. The third-order valence-electron chi connectivity index (χ3n) is 9.18. The summed E-state index contributed by atoms with van der Waals surface area (Å²) in [6.07, 6.45) is 5.10. The minimum atomic E-state index is -0.226. The molecule has 1 aliphatic carbocycles. The summed E-state index contributed by atoms with van der Waals surface area (Å²) in [5, 5.41) is 3.66. The van der Waals surface area contributed by atoms with E-state index in [1.165, 1.54) is 11.1 Å². The molecule has 0 aromatic heterocycles. The maximum Gasteiger partial charge on any atom is 0.217 e. The number of Topliss-reactive ketones (excluding diaryl/α,β-unsaturated/α-hetero) is 1. The highest BCUT2D eigenvalue weighted by molar-refractivity contribution is 5.97. The van der Waals surface area contributed by atoms with E-state index in [4.69, 9.17) is 9.47 Å². The Morgan fingerprint density at radius 3 is 2.83 bits per heavy atom. The van der Waals surface area contributed by atoms with Crippen LogP contribution in [0.2, 0.25) is 0 Å². The number of ketones is 1. The zero-order chi connectivity index (χ0) is 23.8. The van der Waals surface area contributed by atoms with E-state index < -0.39 is 0 Å². The molecular formula is C29H29N2O4+. The van der Waals surface area contributed by atoms with Crippen LogP contribution in [0.25, 0.3) is 0 Å². The number of ether oxygens (including phenoxy) is 2. The molecule has 0 unspecified atom stereocenters. The molecule has 178 valence electrons. The van der Waals surface area contributed by atoms with Crippen LogP contribution in [-0.4, -0.2) is 55.4 Å². The number of carbonyl (C=O) groups is 2. The largest absolute Gasteiger partial charge is 0.486 e. The van der Waals surface area contributed by atoms with Gasteiger partial charge in [0, 0.05) is 41.3 Å². The van der Waals surface area contributed by atoms with Crippen LogP contribution in [0, 0.1) is 5.92 Å². The summed E-state index contributed by atoms with van der Waals surface area (Å²) in [6, 6.07) is 14.3. The fourth-order valence-corrected chi connectivity index (χ4v) is 7.72. The lowest BCUT2D eigenvalue weighted by molar-refractivity contribution is -0.934. The van der Waals surface area contributed by atoms with Crippen LogP contribution in [0.4, 0.5) is 5.69 Å². The van der Waals surface area contributed by atoms with Gasteiger partial charge in [-0.2, -0.15) is 0 Å². The van der Waals surface area contributed by atoms with E-state index in [1.54, 1.807) is 0 Å². The highest BCUT2D eigenvalue weighted by Gasteiger charge is 2.68. The third kappa shape index (κ3) is 2.69. The first-order valence-electron chi connectivity index (χ1n) is 12.6. The number of hydrogen-bond donors (Lipinski definition) is 1. The molecule has 4 aliphatic heterocycles. The molecule has 1 N–H and O–H groups in total. The highest BCUT2D eigenvalue weighted by Crippen LogP contribution is 2.63. The number of allylic oxidation sites excluding steroid dienone is 2. The van der Waals surface area contributed by atoms with Crippen molar-refractivity contribution in [2.75, 3.05) is 38.2 Å². The second-order valence-corrected chi connectivity index (χ2v) is 10.5. The van der Waals surface area contributed by atoms with Crippen LogP contribution in [-0.2, 0) is 10.2 Å². The fourth-order valence-electron chi connectivity index (χ4n) is 7.72. The number of quaternary nitrogens is 1. The summed E-state index contributed by atoms with van der Waals surface area (Å²) in [5.41, 5.74) is 6.11. The van der Waals surface area contributed by atoms with Gasteiger partial charge in [0.25, 0.3) is 0 Å². The lowest BCUT2D eigenvalue weighted by Gasteiger charge is -2.53. The van der Waals surface area contributed by atoms with Crippen molar-refractivity contribution < 1.29 is 23.5 Å². The van der Waals surface area contributed by atoms with Gasteiger partial charge in [-0.1, -0.05) is 24.3 Å². The molecule has 2 bridgehead atoms. The Kier molecular flexibility index (Phi) is 4.38. The van der Waals surface area contributed by atoms with Gasteiger partial charge in [-0.05, 0) is 42.3 Å². The first kappa shape index (κ1) is 20.9. The summed E-state index contributed by atoms with van der Waals surface area (Å²) >= 11 is 0. The zero-order valence-corrected chi connectivity index (χ0v) is 19.9. The predicted molar refractivity (Wildman–Crippen MR) is 132 cm³/mol. The molecule has 0 radical (unpaired) electrons. The average molecular weight is 470 g/mol. The smallest absolute Gasteiger partial charge is 0.217 e. The molecule has 2 aromatic rings. The van der Waals surface area contributed by atoms with Crippen molar-refractivity contribution in [3.05, 3.63) is 76.5 Å². The SMILES string of the molecule is C/C=C1/C[N@+]2(CC(=O)c3ccc4c(c3)OCCO4)CC[C@]34C(=C(C=O)[C@H]1C[C@@H]32)Nc1ccccc14. The lowest BCUT2D eigenvalue weighted by Crippen LogP contribution is -2.64. The van der Waals surface area contributed by atoms with Crippen molar-refractivity contribution in [2.45, 2.75) is 31.2 Å². The van der Waals surface area contributed by atoms with E-state index in [0.717, 1.165) is 53.7 Å². The number of aldehydes is 1. The predicted octanol–water partition coefficient (Wildman–Crippen LogP) is 4.03. The molecule has 35 heavy (non-hydrogen) atoms. The Hall–Kier alpha value is -3.38. The van der Waals surface area contributed by atoms with Crippen molar-refractivity contribution in [1.29, 1.82) is 0 Å². The quantitative estimate of drug-likeness (QED) is 0.317. The van der Waals surface area contributed by atoms with E-state index in [2.05, 4.69) is 36.5 Å². The number of piperidine rings is 1. The number of carbonyl (C=O) groups excluding carboxylic acids is 2. The van der Waals surface area contributed by atoms with E-state index in [-0.39, 0.29) is 23.2 Å². The summed E-state index contributed by atoms with van der Waals surface area (Å²) < 4.78 is 12.1. The minimum Gasteiger partial charge on any atom is -0.486 e. The van der Waals surface area contributed by atoms with Gasteiger partial charge in [0.05, 0.1) is 12.0 Å². The van der Waals surface area contributed by atoms with Crippen LogP contribution in [0.15, 0.2) is 65.4 Å². The second-order valence-electron chi connectivity index (χ2n) is 10.5. The molecule has 5 aliphatic rings. The monoisotopic (exact) mass is 469 g/mol. The number of hydrogen-bond acceptors (Lipinski definition) is 5. The van der Waals surface area contributed by atoms with Gasteiger partial charge in [-0.3, -0.25) is 9.59 Å². The van der Waals surface area contributed by atoms with E-state index in [0.29, 0.717) is 36.8 Å². The number of nitrogens with one attached hydrogen (secondary N) is 1. The maximum atomic E-state index is 13.8. The molecular weight excluding hydrogens is 440 g/mol. The lowest BCUT2D eigenvalue weighted by atomic mass is 9.61. The van der Waals surface area contributed by atoms with E-state index in [1.807, 2.05) is 24.3 Å². The molecule has 4 heterocycles. The molecule has 2 aromatic carbocycles. The molecule has 6 heteroatoms. The molecule has 4 atom stereocenters. The van der Waals surface area contributed by atoms with Gasteiger partial charge < -0.3 is 19.3 Å². The summed E-state index contributed by atoms with van der Waals surface area (Å²) in [5.74, 6) is 1.62. The van der Waals surface area contributed by atoms with Gasteiger partial charge in [0.2, 0.25) is 5.78 Å². The molecule has 1 spiro atoms. The van der Waals surface area contributed by atoms with Crippen molar-refractivity contribution in [2.24, 2.45) is 5.92 Å². The Bertz CT molecular complexity index is 1340. The minimum absolute atomic E-state index is 0.126. The van der Waals surface area contributed by atoms with Gasteiger partial charge in [0.15, 0.2) is 11.5 Å². The van der Waals surface area contributed by atoms with Crippen LogP contribution in [0.1, 0.15) is 35.7 Å². The highest BCUT2D eigenvalue weighted by atomic mass is 16.6. The normalized spacial score (nSPS) is 32.7. The van der Waals surface area contributed by atoms with E-state index >= 15 is 0 Å². The van der Waals surface area contributed by atoms with E-state index in [9.17, 15) is 9.59 Å². The first-order chi connectivity index (χ1) is 17.1. The molecule has 0 amide bonds. The number of benzene rings is 2. The number of anilines is 1. The van der Waals surface area contributed by atoms with Crippen LogP contribution < -0.4 is 14.8 Å².